The Morgan fingerprint density at radius 2 is 1.94 bits per heavy atom. The van der Waals surface area contributed by atoms with Crippen molar-refractivity contribution in [1.82, 2.24) is 14.9 Å². The summed E-state index contributed by atoms with van der Waals surface area (Å²) in [5, 5.41) is 3.19. The van der Waals surface area contributed by atoms with Crippen LogP contribution in [0.1, 0.15) is 47.5 Å². The first-order valence-electron chi connectivity index (χ1n) is 11.6. The molecule has 2 rings (SSSR count). The van der Waals surface area contributed by atoms with Crippen molar-refractivity contribution in [2.24, 2.45) is 5.92 Å². The highest BCUT2D eigenvalue weighted by molar-refractivity contribution is 5.81. The predicted molar refractivity (Wildman–Crippen MR) is 133 cm³/mol. The molecule has 2 atom stereocenters. The van der Waals surface area contributed by atoms with Crippen LogP contribution in [-0.4, -0.2) is 65.8 Å². The van der Waals surface area contributed by atoms with Gasteiger partial charge in [0.1, 0.15) is 17.4 Å². The number of rotatable bonds is 9. The van der Waals surface area contributed by atoms with Crippen molar-refractivity contribution >= 4 is 29.5 Å². The Hall–Kier alpha value is -3.30. The number of carbonyl (C=O) groups is 2. The van der Waals surface area contributed by atoms with Crippen molar-refractivity contribution in [3.8, 4) is 0 Å². The molecule has 34 heavy (non-hydrogen) atoms. The van der Waals surface area contributed by atoms with E-state index in [0.717, 1.165) is 13.1 Å². The molecule has 10 nitrogen and oxygen atoms in total. The summed E-state index contributed by atoms with van der Waals surface area (Å²) >= 11 is 0. The van der Waals surface area contributed by atoms with E-state index < -0.39 is 23.7 Å². The molecule has 1 aliphatic rings. The van der Waals surface area contributed by atoms with Gasteiger partial charge >= 0.3 is 12.1 Å². The molecular weight excluding hydrogens is 436 g/mol. The molecule has 0 radical (unpaired) electrons. The molecule has 1 aromatic heterocycles. The minimum atomic E-state index is -0.685. The van der Waals surface area contributed by atoms with E-state index in [0.29, 0.717) is 36.1 Å². The first kappa shape index (κ1) is 26.9. The highest BCUT2D eigenvalue weighted by atomic mass is 16.6. The Balaban J connectivity index is 2.20. The molecule has 0 aliphatic heterocycles. The maximum Gasteiger partial charge on any atom is 0.414 e. The molecule has 0 aromatic carbocycles. The number of amides is 1. The minimum absolute atomic E-state index is 0.0251. The second-order valence-corrected chi connectivity index (χ2v) is 9.34. The second kappa shape index (κ2) is 11.7. The Labute approximate surface area is 202 Å². The molecule has 1 unspecified atom stereocenters. The van der Waals surface area contributed by atoms with E-state index in [4.69, 9.17) is 15.2 Å². The van der Waals surface area contributed by atoms with Gasteiger partial charge in [0.2, 0.25) is 5.95 Å². The zero-order valence-electron chi connectivity index (χ0n) is 21.3. The molecule has 0 fully saturated rings. The smallest absolute Gasteiger partial charge is 0.414 e. The summed E-state index contributed by atoms with van der Waals surface area (Å²) in [5.41, 5.74) is 5.84. The summed E-state index contributed by atoms with van der Waals surface area (Å²) in [7, 11) is 3.25. The van der Waals surface area contributed by atoms with E-state index in [2.05, 4.69) is 15.3 Å². The summed E-state index contributed by atoms with van der Waals surface area (Å²) in [4.78, 5) is 37.1. The summed E-state index contributed by atoms with van der Waals surface area (Å²) < 4.78 is 11.0. The Bertz CT molecular complexity index is 919. The van der Waals surface area contributed by atoms with Crippen LogP contribution in [0.3, 0.4) is 0 Å². The van der Waals surface area contributed by atoms with Crippen molar-refractivity contribution in [3.63, 3.8) is 0 Å². The van der Waals surface area contributed by atoms with Crippen LogP contribution in [0.25, 0.3) is 0 Å². The zero-order chi connectivity index (χ0) is 25.5. The molecule has 1 aliphatic carbocycles. The lowest BCUT2D eigenvalue weighted by molar-refractivity contribution is -0.156. The molecule has 10 heteroatoms. The number of allylic oxidation sites excluding steroid dienone is 3. The maximum absolute atomic E-state index is 13.1. The number of hydrogen-bond acceptors (Lipinski definition) is 9. The number of carbonyl (C=O) groups excluding carboxylic acids is 2. The lowest BCUT2D eigenvalue weighted by Crippen LogP contribution is -2.38. The van der Waals surface area contributed by atoms with Crippen molar-refractivity contribution < 1.29 is 19.1 Å². The van der Waals surface area contributed by atoms with Gasteiger partial charge in [-0.2, -0.15) is 4.98 Å². The van der Waals surface area contributed by atoms with Gasteiger partial charge in [-0.25, -0.2) is 14.6 Å². The van der Waals surface area contributed by atoms with Gasteiger partial charge in [0.05, 0.1) is 11.9 Å². The predicted octanol–water partition coefficient (Wildman–Crippen LogP) is 3.58. The highest BCUT2D eigenvalue weighted by Gasteiger charge is 2.29. The average Bonchev–Trinajstić information content (AvgIpc) is 2.76. The fourth-order valence-corrected chi connectivity index (χ4v) is 3.30. The quantitative estimate of drug-likeness (QED) is 0.517. The van der Waals surface area contributed by atoms with Gasteiger partial charge < -0.3 is 30.3 Å². The molecule has 0 saturated heterocycles. The van der Waals surface area contributed by atoms with E-state index >= 15 is 0 Å². The number of esters is 1. The van der Waals surface area contributed by atoms with E-state index in [1.54, 1.807) is 26.4 Å². The molecule has 0 spiro atoms. The van der Waals surface area contributed by atoms with Gasteiger partial charge in [0.15, 0.2) is 5.82 Å². The standard InChI is InChI=1S/C24H38N6O4/c1-8-30(9-2)22-26-15-18(25)20(28-22)27-19(21(31)34-24(3,4)5)14-16-10-12-17(13-11-16)33-23(32)29(6)7/h10,12-13,15-16,19H,8-9,11,14,25H2,1-7H3,(H,26,27,28)/t16?,19-/m0/s1. The Kier molecular flexibility index (Phi) is 9.28. The lowest BCUT2D eigenvalue weighted by Gasteiger charge is -2.28. The van der Waals surface area contributed by atoms with Crippen LogP contribution < -0.4 is 16.0 Å². The number of hydrogen-bond donors (Lipinski definition) is 2. The first-order chi connectivity index (χ1) is 15.9. The van der Waals surface area contributed by atoms with Crippen LogP contribution >= 0.6 is 0 Å². The third-order valence-corrected chi connectivity index (χ3v) is 5.12. The number of aromatic nitrogens is 2. The zero-order valence-corrected chi connectivity index (χ0v) is 21.3. The molecule has 188 valence electrons. The Morgan fingerprint density at radius 3 is 2.47 bits per heavy atom. The summed E-state index contributed by atoms with van der Waals surface area (Å²) in [6.45, 7) is 11.0. The van der Waals surface area contributed by atoms with Gasteiger partial charge in [-0.1, -0.05) is 6.08 Å². The van der Waals surface area contributed by atoms with Crippen molar-refractivity contribution in [2.75, 3.05) is 43.1 Å². The summed E-state index contributed by atoms with van der Waals surface area (Å²) in [5.74, 6) is 1.05. The SMILES string of the molecule is CCN(CC)c1ncc(N)c(N[C@@H](CC2C=CC(OC(=O)N(C)C)=CC2)C(=O)OC(C)(C)C)n1. The monoisotopic (exact) mass is 474 g/mol. The van der Waals surface area contributed by atoms with Crippen LogP contribution in [0, 0.1) is 5.92 Å². The third kappa shape index (κ3) is 7.93. The molecule has 1 aromatic rings. The number of nitrogen functional groups attached to an aromatic ring is 1. The van der Waals surface area contributed by atoms with Crippen LogP contribution in [0.2, 0.25) is 0 Å². The average molecular weight is 475 g/mol. The number of ether oxygens (including phenoxy) is 2. The van der Waals surface area contributed by atoms with Crippen molar-refractivity contribution in [2.45, 2.75) is 59.1 Å². The number of nitrogens with two attached hydrogens (primary N) is 1. The van der Waals surface area contributed by atoms with E-state index in [1.165, 1.54) is 4.90 Å². The van der Waals surface area contributed by atoms with Gasteiger partial charge in [0.25, 0.3) is 0 Å². The van der Waals surface area contributed by atoms with Crippen LogP contribution in [0.4, 0.5) is 22.2 Å². The summed E-state index contributed by atoms with van der Waals surface area (Å²) in [6, 6.07) is -0.685. The topological polar surface area (TPSA) is 123 Å². The molecule has 1 amide bonds. The number of nitrogens with one attached hydrogen (secondary N) is 1. The van der Waals surface area contributed by atoms with E-state index in [-0.39, 0.29) is 5.92 Å². The normalized spacial score (nSPS) is 16.3. The second-order valence-electron chi connectivity index (χ2n) is 9.34. The minimum Gasteiger partial charge on any atom is -0.458 e. The first-order valence-corrected chi connectivity index (χ1v) is 11.6. The lowest BCUT2D eigenvalue weighted by atomic mass is 9.92. The van der Waals surface area contributed by atoms with Gasteiger partial charge in [-0.3, -0.25) is 0 Å². The van der Waals surface area contributed by atoms with Crippen LogP contribution in [0.15, 0.2) is 30.2 Å². The number of nitrogens with zero attached hydrogens (tertiary/aromatic N) is 4. The van der Waals surface area contributed by atoms with E-state index in [1.807, 2.05) is 51.7 Å². The van der Waals surface area contributed by atoms with Crippen LogP contribution in [0.5, 0.6) is 0 Å². The molecule has 0 saturated carbocycles. The fraction of sp³-hybridized carbons (Fsp3) is 0.583. The fourth-order valence-electron chi connectivity index (χ4n) is 3.30. The largest absolute Gasteiger partial charge is 0.458 e. The van der Waals surface area contributed by atoms with Crippen molar-refractivity contribution in [3.05, 3.63) is 30.2 Å². The van der Waals surface area contributed by atoms with Gasteiger partial charge in [-0.15, -0.1) is 0 Å². The number of anilines is 3. The maximum atomic E-state index is 13.1. The van der Waals surface area contributed by atoms with Gasteiger partial charge in [-0.05, 0) is 65.5 Å². The molecule has 0 bridgehead atoms. The van der Waals surface area contributed by atoms with Gasteiger partial charge in [0, 0.05) is 27.2 Å². The molecule has 1 heterocycles. The van der Waals surface area contributed by atoms with Crippen LogP contribution in [-0.2, 0) is 14.3 Å². The van der Waals surface area contributed by atoms with Crippen molar-refractivity contribution in [1.29, 1.82) is 0 Å². The third-order valence-electron chi connectivity index (χ3n) is 5.12. The Morgan fingerprint density at radius 1 is 1.26 bits per heavy atom. The summed E-state index contributed by atoms with van der Waals surface area (Å²) in [6.07, 6.45) is 7.69. The molecular formula is C24H38N6O4. The van der Waals surface area contributed by atoms with E-state index in [9.17, 15) is 9.59 Å². The highest BCUT2D eigenvalue weighted by Crippen LogP contribution is 2.26. The molecule has 3 N–H and O–H groups in total.